The van der Waals surface area contributed by atoms with E-state index in [-0.39, 0.29) is 0 Å². The third-order valence-electron chi connectivity index (χ3n) is 0.639. The van der Waals surface area contributed by atoms with Gasteiger partial charge in [-0.1, -0.05) is 0 Å². The van der Waals surface area contributed by atoms with Gasteiger partial charge in [-0.25, -0.2) is 9.08 Å². The van der Waals surface area contributed by atoms with E-state index >= 15 is 0 Å². The fourth-order valence-electron chi connectivity index (χ4n) is 0.377. The minimum absolute atomic E-state index is 0.692. The lowest BCUT2D eigenvalue weighted by Gasteiger charge is -1.99. The Hall–Kier alpha value is -0.425. The molecule has 9 heavy (non-hydrogen) atoms. The summed E-state index contributed by atoms with van der Waals surface area (Å²) in [7, 11) is -2.65. The number of hydrogen-bond donors (Lipinski definition) is 1. The van der Waals surface area contributed by atoms with E-state index in [0.717, 1.165) is 0 Å². The first-order valence-corrected chi connectivity index (χ1v) is 3.49. The molecule has 1 heterocycles. The molecule has 0 saturated heterocycles. The summed E-state index contributed by atoms with van der Waals surface area (Å²) in [5.41, 5.74) is 1.46. The minimum Gasteiger partial charge on any atom is -0.828 e. The van der Waals surface area contributed by atoms with Crippen molar-refractivity contribution in [3.63, 3.8) is 0 Å². The summed E-state index contributed by atoms with van der Waals surface area (Å²) in [5.74, 6) is 0. The molecule has 0 amide bonds. The zero-order chi connectivity index (χ0) is 6.69. The van der Waals surface area contributed by atoms with Crippen molar-refractivity contribution in [2.75, 3.05) is 0 Å². The van der Waals surface area contributed by atoms with Crippen LogP contribution in [0.5, 0.6) is 0 Å². The largest absolute Gasteiger partial charge is 0.828 e. The zero-order valence-corrected chi connectivity index (χ0v) is 5.25. The van der Waals surface area contributed by atoms with E-state index < -0.39 is 18.1 Å². The molecule has 1 aromatic heterocycles. The molecule has 0 spiro atoms. The summed E-state index contributed by atoms with van der Waals surface area (Å²) >= 11 is 0. The first-order chi connectivity index (χ1) is 4.29. The topological polar surface area (TPSA) is 65.4 Å². The SMILES string of the molecule is [O-]B(O)O[s+]1ccnc1. The molecule has 48 valence electrons. The van der Waals surface area contributed by atoms with Crippen LogP contribution in [0.1, 0.15) is 0 Å². The summed E-state index contributed by atoms with van der Waals surface area (Å²) in [6, 6.07) is 0. The maximum Gasteiger partial charge on any atom is 0.425 e. The van der Waals surface area contributed by atoms with E-state index in [2.05, 4.69) is 9.08 Å². The van der Waals surface area contributed by atoms with Gasteiger partial charge in [-0.2, -0.15) is 0 Å². The van der Waals surface area contributed by atoms with Gasteiger partial charge in [0, 0.05) is 0 Å². The smallest absolute Gasteiger partial charge is 0.425 e. The Morgan fingerprint density at radius 2 is 2.56 bits per heavy atom. The molecule has 0 fully saturated rings. The van der Waals surface area contributed by atoms with Crippen LogP contribution < -0.4 is 9.12 Å². The van der Waals surface area contributed by atoms with Crippen molar-refractivity contribution in [2.24, 2.45) is 0 Å². The lowest BCUT2D eigenvalue weighted by molar-refractivity contribution is -0.234. The molecule has 0 radical (unpaired) electrons. The average Bonchev–Trinajstić information content (AvgIpc) is 2.15. The van der Waals surface area contributed by atoms with Gasteiger partial charge in [0.05, 0.1) is 6.20 Å². The second-order valence-corrected chi connectivity index (χ2v) is 2.60. The normalized spacial score (nSPS) is 11.6. The Bertz CT molecular complexity index is 166. The van der Waals surface area contributed by atoms with E-state index in [4.69, 9.17) is 5.02 Å². The highest BCUT2D eigenvalue weighted by atomic mass is 32.2. The molecule has 1 N–H and O–H groups in total. The molecular weight excluding hydrogens is 141 g/mol. The van der Waals surface area contributed by atoms with Crippen LogP contribution in [0.4, 0.5) is 0 Å². The Morgan fingerprint density at radius 1 is 1.78 bits per heavy atom. The van der Waals surface area contributed by atoms with Crippen molar-refractivity contribution >= 4 is 18.1 Å². The van der Waals surface area contributed by atoms with E-state index in [0.29, 0.717) is 0 Å². The van der Waals surface area contributed by atoms with Crippen LogP contribution in [-0.2, 0) is 0 Å². The van der Waals surface area contributed by atoms with E-state index in [1.165, 1.54) is 11.7 Å². The van der Waals surface area contributed by atoms with Crippen LogP contribution in [0.2, 0.25) is 0 Å². The Morgan fingerprint density at radius 3 is 3.00 bits per heavy atom. The first-order valence-electron chi connectivity index (χ1n) is 2.22. The average molecular weight is 145 g/mol. The number of rotatable bonds is 2. The quantitative estimate of drug-likeness (QED) is 0.410. The van der Waals surface area contributed by atoms with Crippen LogP contribution in [0, 0.1) is 0 Å². The van der Waals surface area contributed by atoms with Gasteiger partial charge in [-0.3, -0.25) is 0 Å². The molecule has 0 saturated carbocycles. The van der Waals surface area contributed by atoms with Gasteiger partial charge < -0.3 is 10.0 Å². The lowest BCUT2D eigenvalue weighted by atomic mass is 10.3. The van der Waals surface area contributed by atoms with E-state index in [9.17, 15) is 5.02 Å². The van der Waals surface area contributed by atoms with E-state index in [1.807, 2.05) is 0 Å². The fourth-order valence-corrected chi connectivity index (χ4v) is 1.13. The fraction of sp³-hybridized carbons (Fsp3) is 0. The number of hydrogen-bond acceptors (Lipinski definition) is 4. The molecule has 0 aromatic carbocycles. The molecule has 1 unspecified atom stereocenters. The second-order valence-electron chi connectivity index (χ2n) is 1.27. The second kappa shape index (κ2) is 2.93. The Labute approximate surface area is 55.1 Å². The maximum absolute atomic E-state index is 9.93. The van der Waals surface area contributed by atoms with Gasteiger partial charge in [0.15, 0.2) is 5.38 Å². The highest BCUT2D eigenvalue weighted by molar-refractivity contribution is 7.24. The van der Waals surface area contributed by atoms with Gasteiger partial charge in [0.25, 0.3) is 5.51 Å². The predicted octanol–water partition coefficient (Wildman–Crippen LogP) is -1.40. The van der Waals surface area contributed by atoms with Crippen molar-refractivity contribution in [3.8, 4) is 0 Å². The predicted molar refractivity (Wildman–Crippen MR) is 31.3 cm³/mol. The van der Waals surface area contributed by atoms with Crippen molar-refractivity contribution in [1.29, 1.82) is 0 Å². The standard InChI is InChI=1S/C3H4BNO3S/c6-4(7)8-9-2-1-5-3-9/h1-3,6H. The van der Waals surface area contributed by atoms with Crippen LogP contribution >= 0.6 is 10.8 Å². The molecule has 0 bridgehead atoms. The van der Waals surface area contributed by atoms with Gasteiger partial charge in [0.1, 0.15) is 10.8 Å². The molecule has 0 aliphatic heterocycles. The zero-order valence-electron chi connectivity index (χ0n) is 4.43. The van der Waals surface area contributed by atoms with Crippen molar-refractivity contribution in [3.05, 3.63) is 17.1 Å². The third-order valence-corrected chi connectivity index (χ3v) is 1.75. The maximum atomic E-state index is 9.93. The number of thiazole rings is 1. The molecule has 1 atom stereocenters. The Kier molecular flexibility index (Phi) is 2.18. The number of nitrogens with zero attached hydrogens (tertiary/aromatic N) is 1. The monoisotopic (exact) mass is 145 g/mol. The summed E-state index contributed by atoms with van der Waals surface area (Å²) < 4.78 is 4.40. The summed E-state index contributed by atoms with van der Waals surface area (Å²) in [4.78, 5) is 3.65. The van der Waals surface area contributed by atoms with Gasteiger partial charge in [-0.05, 0) is 0 Å². The Balaban J connectivity index is 2.48. The van der Waals surface area contributed by atoms with Crippen molar-refractivity contribution < 1.29 is 14.1 Å². The van der Waals surface area contributed by atoms with E-state index in [1.54, 1.807) is 5.38 Å². The molecule has 0 aliphatic carbocycles. The van der Waals surface area contributed by atoms with Gasteiger partial charge in [0.2, 0.25) is 0 Å². The lowest BCUT2D eigenvalue weighted by Crippen LogP contribution is -2.36. The highest BCUT2D eigenvalue weighted by Gasteiger charge is 2.06. The number of aromatic nitrogens is 1. The van der Waals surface area contributed by atoms with Gasteiger partial charge >= 0.3 is 7.32 Å². The molecule has 4 nitrogen and oxygen atoms in total. The minimum atomic E-state index is -1.96. The van der Waals surface area contributed by atoms with Crippen LogP contribution in [0.25, 0.3) is 0 Å². The van der Waals surface area contributed by atoms with Crippen LogP contribution in [0.3, 0.4) is 0 Å². The molecule has 6 heteroatoms. The van der Waals surface area contributed by atoms with Crippen LogP contribution in [0.15, 0.2) is 17.1 Å². The summed E-state index contributed by atoms with van der Waals surface area (Å²) in [5, 5.41) is 19.7. The van der Waals surface area contributed by atoms with Crippen LogP contribution in [-0.4, -0.2) is 17.3 Å². The van der Waals surface area contributed by atoms with Crippen molar-refractivity contribution in [2.45, 2.75) is 0 Å². The molecular formula is C3H4BNO3S. The molecule has 1 aromatic rings. The summed E-state index contributed by atoms with van der Waals surface area (Å²) in [6.07, 6.45) is 1.52. The van der Waals surface area contributed by atoms with Crippen molar-refractivity contribution in [1.82, 2.24) is 4.98 Å². The highest BCUT2D eigenvalue weighted by Crippen LogP contribution is 2.09. The third kappa shape index (κ3) is 2.11. The molecule has 1 rings (SSSR count). The first kappa shape index (κ1) is 6.69. The van der Waals surface area contributed by atoms with Gasteiger partial charge in [-0.15, -0.1) is 0 Å². The molecule has 0 aliphatic rings. The summed E-state index contributed by atoms with van der Waals surface area (Å²) in [6.45, 7) is 0.